The van der Waals surface area contributed by atoms with Gasteiger partial charge in [-0.3, -0.25) is 0 Å². The predicted octanol–water partition coefficient (Wildman–Crippen LogP) is 5.71. The van der Waals surface area contributed by atoms with Crippen LogP contribution in [0.2, 0.25) is 0 Å². The van der Waals surface area contributed by atoms with Gasteiger partial charge < -0.3 is 15.8 Å². The summed E-state index contributed by atoms with van der Waals surface area (Å²) in [5.41, 5.74) is 8.33. The van der Waals surface area contributed by atoms with E-state index in [-0.39, 0.29) is 18.6 Å². The summed E-state index contributed by atoms with van der Waals surface area (Å²) in [5.74, 6) is 0.307. The zero-order valence-corrected chi connectivity index (χ0v) is 18.7. The molecule has 1 aromatic heterocycles. The van der Waals surface area contributed by atoms with E-state index in [9.17, 15) is 18.3 Å². The monoisotopic (exact) mass is 465 g/mol. The Balaban J connectivity index is 1.54. The molecule has 176 valence electrons. The molecule has 0 spiro atoms. The van der Waals surface area contributed by atoms with Gasteiger partial charge in [0.05, 0.1) is 29.6 Å². The second kappa shape index (κ2) is 9.44. The second-order valence-electron chi connectivity index (χ2n) is 8.65. The van der Waals surface area contributed by atoms with Gasteiger partial charge in [-0.15, -0.1) is 0 Å². The maximum absolute atomic E-state index is 13.9. The number of hydrogen-bond acceptors (Lipinski definition) is 3. The lowest BCUT2D eigenvalue weighted by Gasteiger charge is -2.18. The summed E-state index contributed by atoms with van der Waals surface area (Å²) < 4.78 is 41.6. The standard InChI is InChI=1S/C27H26F3N3O/c1-26(31,17-34)25-32-16-24(33-25)22-14-13-21(23(15-22)27(28,29)30)12-9-18-7-10-20(11-8-18)19-5-3-2-4-6-19/h2-8,10-11,13-16,34H,9,12,17,31H2,1H3,(H,32,33)/t26-/m0/s1. The van der Waals surface area contributed by atoms with Crippen molar-refractivity contribution < 1.29 is 18.3 Å². The number of halogens is 3. The van der Waals surface area contributed by atoms with Crippen LogP contribution in [0.25, 0.3) is 22.4 Å². The maximum atomic E-state index is 13.9. The van der Waals surface area contributed by atoms with Crippen molar-refractivity contribution in [2.24, 2.45) is 5.73 Å². The zero-order valence-electron chi connectivity index (χ0n) is 18.7. The zero-order chi connectivity index (χ0) is 24.3. The SMILES string of the molecule is C[C@](N)(CO)c1ncc(-c2ccc(CCc3ccc(-c4ccccc4)cc3)c(C(F)(F)F)c2)[nH]1. The van der Waals surface area contributed by atoms with E-state index in [1.807, 2.05) is 54.6 Å². The van der Waals surface area contributed by atoms with Gasteiger partial charge in [0.2, 0.25) is 0 Å². The Morgan fingerprint density at radius 2 is 1.53 bits per heavy atom. The van der Waals surface area contributed by atoms with E-state index in [0.717, 1.165) is 22.8 Å². The Hall–Kier alpha value is -3.42. The number of nitrogens with one attached hydrogen (secondary N) is 1. The van der Waals surface area contributed by atoms with Crippen LogP contribution in [0.1, 0.15) is 29.4 Å². The molecule has 0 fully saturated rings. The lowest BCUT2D eigenvalue weighted by molar-refractivity contribution is -0.138. The van der Waals surface area contributed by atoms with Gasteiger partial charge in [0.1, 0.15) is 5.82 Å². The average Bonchev–Trinajstić information content (AvgIpc) is 3.34. The Bertz CT molecular complexity index is 1250. The minimum atomic E-state index is -4.49. The van der Waals surface area contributed by atoms with E-state index in [1.165, 1.54) is 12.3 Å². The molecule has 0 aliphatic carbocycles. The molecular weight excluding hydrogens is 439 g/mol. The van der Waals surface area contributed by atoms with Crippen molar-refractivity contribution in [3.8, 4) is 22.4 Å². The third kappa shape index (κ3) is 5.21. The third-order valence-corrected chi connectivity index (χ3v) is 5.92. The molecule has 0 saturated heterocycles. The van der Waals surface area contributed by atoms with Crippen molar-refractivity contribution in [2.75, 3.05) is 6.61 Å². The lowest BCUT2D eigenvalue weighted by Crippen LogP contribution is -2.38. The van der Waals surface area contributed by atoms with E-state index in [1.54, 1.807) is 13.0 Å². The molecule has 4 N–H and O–H groups in total. The fourth-order valence-electron chi connectivity index (χ4n) is 3.83. The summed E-state index contributed by atoms with van der Waals surface area (Å²) in [6.45, 7) is 1.24. The molecule has 1 heterocycles. The van der Waals surface area contributed by atoms with Gasteiger partial charge in [-0.25, -0.2) is 4.98 Å². The molecule has 4 rings (SSSR count). The summed E-state index contributed by atoms with van der Waals surface area (Å²) >= 11 is 0. The van der Waals surface area contributed by atoms with E-state index < -0.39 is 17.3 Å². The molecule has 0 unspecified atom stereocenters. The van der Waals surface area contributed by atoms with Crippen LogP contribution < -0.4 is 5.73 Å². The highest BCUT2D eigenvalue weighted by atomic mass is 19.4. The summed E-state index contributed by atoms with van der Waals surface area (Å²) in [6.07, 6.45) is -2.30. The Labute approximate surface area is 196 Å². The van der Waals surface area contributed by atoms with E-state index >= 15 is 0 Å². The van der Waals surface area contributed by atoms with Gasteiger partial charge in [0.15, 0.2) is 0 Å². The average molecular weight is 466 g/mol. The van der Waals surface area contributed by atoms with Crippen molar-refractivity contribution in [3.63, 3.8) is 0 Å². The molecule has 4 aromatic rings. The number of H-pyrrole nitrogens is 1. The molecule has 0 radical (unpaired) electrons. The van der Waals surface area contributed by atoms with Crippen LogP contribution in [0.4, 0.5) is 13.2 Å². The first-order chi connectivity index (χ1) is 16.2. The van der Waals surface area contributed by atoms with Gasteiger partial charge in [-0.1, -0.05) is 66.7 Å². The number of nitrogens with zero attached hydrogens (tertiary/aromatic N) is 1. The van der Waals surface area contributed by atoms with Crippen LogP contribution in [0.3, 0.4) is 0 Å². The Morgan fingerprint density at radius 1 is 0.882 bits per heavy atom. The minimum Gasteiger partial charge on any atom is -0.394 e. The number of nitrogens with two attached hydrogens (primary N) is 1. The first kappa shape index (κ1) is 23.7. The summed E-state index contributed by atoms with van der Waals surface area (Å²) in [7, 11) is 0. The highest BCUT2D eigenvalue weighted by Gasteiger charge is 2.34. The number of aryl methyl sites for hydroxylation is 2. The quantitative estimate of drug-likeness (QED) is 0.327. The van der Waals surface area contributed by atoms with Crippen LogP contribution in [0, 0.1) is 0 Å². The molecular formula is C27H26F3N3O. The summed E-state index contributed by atoms with van der Waals surface area (Å²) in [6, 6.07) is 22.1. The van der Waals surface area contributed by atoms with Crippen LogP contribution in [0.15, 0.2) is 79.0 Å². The van der Waals surface area contributed by atoms with Crippen LogP contribution in [-0.2, 0) is 24.6 Å². The lowest BCUT2D eigenvalue weighted by atomic mass is 9.96. The van der Waals surface area contributed by atoms with Crippen molar-refractivity contribution in [1.29, 1.82) is 0 Å². The van der Waals surface area contributed by atoms with Crippen molar-refractivity contribution in [3.05, 3.63) is 102 Å². The number of benzene rings is 3. The number of aliphatic hydroxyl groups is 1. The topological polar surface area (TPSA) is 74.9 Å². The molecule has 0 saturated carbocycles. The fraction of sp³-hybridized carbons (Fsp3) is 0.222. The Kier molecular flexibility index (Phi) is 6.59. The third-order valence-electron chi connectivity index (χ3n) is 5.92. The van der Waals surface area contributed by atoms with E-state index in [4.69, 9.17) is 5.73 Å². The highest BCUT2D eigenvalue weighted by Crippen LogP contribution is 2.35. The first-order valence-electron chi connectivity index (χ1n) is 11.0. The van der Waals surface area contributed by atoms with Crippen molar-refractivity contribution in [1.82, 2.24) is 9.97 Å². The largest absolute Gasteiger partial charge is 0.416 e. The summed E-state index contributed by atoms with van der Waals surface area (Å²) in [5, 5.41) is 9.41. The molecule has 34 heavy (non-hydrogen) atoms. The number of aliphatic hydroxyl groups excluding tert-OH is 1. The highest BCUT2D eigenvalue weighted by molar-refractivity contribution is 5.63. The molecule has 0 aliphatic rings. The number of imidazole rings is 1. The molecule has 1 atom stereocenters. The Morgan fingerprint density at radius 3 is 2.18 bits per heavy atom. The van der Waals surface area contributed by atoms with Crippen molar-refractivity contribution >= 4 is 0 Å². The summed E-state index contributed by atoms with van der Waals surface area (Å²) in [4.78, 5) is 7.06. The number of aromatic nitrogens is 2. The van der Waals surface area contributed by atoms with Crippen LogP contribution in [-0.4, -0.2) is 21.7 Å². The van der Waals surface area contributed by atoms with Crippen LogP contribution >= 0.6 is 0 Å². The number of alkyl halides is 3. The van der Waals surface area contributed by atoms with E-state index in [2.05, 4.69) is 9.97 Å². The molecule has 0 amide bonds. The molecule has 0 bridgehead atoms. The molecule has 0 aliphatic heterocycles. The number of rotatable bonds is 7. The second-order valence-corrected chi connectivity index (χ2v) is 8.65. The number of aromatic amines is 1. The maximum Gasteiger partial charge on any atom is 0.416 e. The smallest absolute Gasteiger partial charge is 0.394 e. The molecule has 4 nitrogen and oxygen atoms in total. The van der Waals surface area contributed by atoms with Crippen molar-refractivity contribution in [2.45, 2.75) is 31.5 Å². The van der Waals surface area contributed by atoms with E-state index in [0.29, 0.717) is 23.5 Å². The normalized spacial score (nSPS) is 13.6. The van der Waals surface area contributed by atoms with Gasteiger partial charge in [-0.2, -0.15) is 13.2 Å². The van der Waals surface area contributed by atoms with Gasteiger partial charge in [0, 0.05) is 5.56 Å². The fourth-order valence-corrected chi connectivity index (χ4v) is 3.83. The molecule has 3 aromatic carbocycles. The van der Waals surface area contributed by atoms with Gasteiger partial charge in [-0.05, 0) is 48.1 Å². The number of hydrogen-bond donors (Lipinski definition) is 3. The minimum absolute atomic E-state index is 0.238. The van der Waals surface area contributed by atoms with Gasteiger partial charge in [0.25, 0.3) is 0 Å². The predicted molar refractivity (Wildman–Crippen MR) is 127 cm³/mol. The van der Waals surface area contributed by atoms with Gasteiger partial charge >= 0.3 is 6.18 Å². The van der Waals surface area contributed by atoms with Crippen LogP contribution in [0.5, 0.6) is 0 Å². The first-order valence-corrected chi connectivity index (χ1v) is 11.0. The molecule has 7 heteroatoms.